The number of fused-ring (bicyclic) bond motifs is 1. The lowest BCUT2D eigenvalue weighted by Crippen LogP contribution is -2.41. The van der Waals surface area contributed by atoms with Crippen LogP contribution in [0.1, 0.15) is 0 Å². The Hall–Kier alpha value is -2.14. The monoisotopic (exact) mass is 300 g/mol. The highest BCUT2D eigenvalue weighted by Gasteiger charge is 2.25. The molecule has 1 unspecified atom stereocenters. The van der Waals surface area contributed by atoms with Gasteiger partial charge < -0.3 is 15.4 Å². The summed E-state index contributed by atoms with van der Waals surface area (Å²) in [6, 6.07) is 15.4. The van der Waals surface area contributed by atoms with Gasteiger partial charge in [-0.2, -0.15) is 0 Å². The van der Waals surface area contributed by atoms with Gasteiger partial charge in [-0.05, 0) is 42.7 Å². The molecule has 5 heteroatoms. The average Bonchev–Trinajstić information content (AvgIpc) is 2.55. The molecular formula is C16H16N2O2S. The Bertz CT molecular complexity index is 643. The predicted octanol–water partition coefficient (Wildman–Crippen LogP) is 3.22. The van der Waals surface area contributed by atoms with Crippen LogP contribution in [0.2, 0.25) is 0 Å². The zero-order chi connectivity index (χ0) is 14.7. The van der Waals surface area contributed by atoms with Crippen LogP contribution in [0, 0.1) is 0 Å². The van der Waals surface area contributed by atoms with Crippen LogP contribution in [0.15, 0.2) is 53.4 Å². The summed E-state index contributed by atoms with van der Waals surface area (Å²) in [7, 11) is 0. The van der Waals surface area contributed by atoms with E-state index in [9.17, 15) is 4.79 Å². The first-order valence-electron chi connectivity index (χ1n) is 6.71. The third kappa shape index (κ3) is 3.13. The highest BCUT2D eigenvalue weighted by molar-refractivity contribution is 7.98. The van der Waals surface area contributed by atoms with E-state index in [2.05, 4.69) is 10.6 Å². The zero-order valence-corrected chi connectivity index (χ0v) is 12.4. The van der Waals surface area contributed by atoms with E-state index >= 15 is 0 Å². The maximum atomic E-state index is 12.3. The molecule has 2 aromatic carbocycles. The number of carbonyl (C=O) groups excluding carboxylic acids is 1. The molecule has 2 aromatic rings. The normalized spacial score (nSPS) is 16.3. The third-order valence-electron chi connectivity index (χ3n) is 3.28. The third-order valence-corrected chi connectivity index (χ3v) is 4.03. The van der Waals surface area contributed by atoms with Crippen molar-refractivity contribution in [1.29, 1.82) is 0 Å². The fourth-order valence-electron chi connectivity index (χ4n) is 2.16. The van der Waals surface area contributed by atoms with E-state index in [1.165, 1.54) is 0 Å². The van der Waals surface area contributed by atoms with Gasteiger partial charge in [0.1, 0.15) is 5.75 Å². The van der Waals surface area contributed by atoms with Gasteiger partial charge in [0.2, 0.25) is 0 Å². The van der Waals surface area contributed by atoms with Crippen molar-refractivity contribution in [1.82, 2.24) is 0 Å². The molecule has 21 heavy (non-hydrogen) atoms. The maximum absolute atomic E-state index is 12.3. The number of hydrogen-bond donors (Lipinski definition) is 2. The number of amides is 1. The topological polar surface area (TPSA) is 50.4 Å². The number of hydrogen-bond acceptors (Lipinski definition) is 4. The first-order valence-corrected chi connectivity index (χ1v) is 7.93. The fraction of sp³-hybridized carbons (Fsp3) is 0.188. The summed E-state index contributed by atoms with van der Waals surface area (Å²) >= 11 is 1.67. The molecule has 0 saturated carbocycles. The SMILES string of the molecule is CSc1ccc(NC(=O)C2CNc3ccccc3O2)cc1. The van der Waals surface area contributed by atoms with Crippen LogP contribution in [0.5, 0.6) is 5.75 Å². The van der Waals surface area contributed by atoms with Crippen LogP contribution in [0.4, 0.5) is 11.4 Å². The van der Waals surface area contributed by atoms with Gasteiger partial charge in [-0.1, -0.05) is 12.1 Å². The number of benzene rings is 2. The summed E-state index contributed by atoms with van der Waals surface area (Å²) in [5.41, 5.74) is 1.70. The lowest BCUT2D eigenvalue weighted by Gasteiger charge is -2.26. The Balaban J connectivity index is 1.66. The van der Waals surface area contributed by atoms with Crippen LogP contribution >= 0.6 is 11.8 Å². The number of ether oxygens (including phenoxy) is 1. The van der Waals surface area contributed by atoms with Crippen LogP contribution in [0.3, 0.4) is 0 Å². The molecule has 0 spiro atoms. The van der Waals surface area contributed by atoms with E-state index in [1.54, 1.807) is 11.8 Å². The van der Waals surface area contributed by atoms with E-state index < -0.39 is 6.10 Å². The Morgan fingerprint density at radius 3 is 2.76 bits per heavy atom. The first-order chi connectivity index (χ1) is 10.3. The Morgan fingerprint density at radius 1 is 1.24 bits per heavy atom. The summed E-state index contributed by atoms with van der Waals surface area (Å²) < 4.78 is 5.73. The van der Waals surface area contributed by atoms with Crippen LogP contribution in [-0.4, -0.2) is 24.8 Å². The van der Waals surface area contributed by atoms with Crippen molar-refractivity contribution in [2.45, 2.75) is 11.0 Å². The number of rotatable bonds is 3. The molecule has 1 heterocycles. The molecular weight excluding hydrogens is 284 g/mol. The molecule has 1 aliphatic heterocycles. The molecule has 4 nitrogen and oxygen atoms in total. The summed E-state index contributed by atoms with van der Waals surface area (Å²) in [6.45, 7) is 0.464. The average molecular weight is 300 g/mol. The van der Waals surface area contributed by atoms with E-state index in [-0.39, 0.29) is 5.91 Å². The highest BCUT2D eigenvalue weighted by Crippen LogP contribution is 2.28. The van der Waals surface area contributed by atoms with Crippen molar-refractivity contribution in [3.8, 4) is 5.75 Å². The minimum Gasteiger partial charge on any atom is -0.477 e. The molecule has 0 aromatic heterocycles. The van der Waals surface area contributed by atoms with Gasteiger partial charge in [-0.25, -0.2) is 0 Å². The minimum absolute atomic E-state index is 0.145. The van der Waals surface area contributed by atoms with Gasteiger partial charge in [0.05, 0.1) is 12.2 Å². The number of para-hydroxylation sites is 2. The quantitative estimate of drug-likeness (QED) is 0.855. The summed E-state index contributed by atoms with van der Waals surface area (Å²) in [6.07, 6.45) is 1.49. The standard InChI is InChI=1S/C16H16N2O2S/c1-21-12-8-6-11(7-9-12)18-16(19)15-10-17-13-4-2-3-5-14(13)20-15/h2-9,15,17H,10H2,1H3,(H,18,19). The molecule has 2 N–H and O–H groups in total. The molecule has 0 aliphatic carbocycles. The predicted molar refractivity (Wildman–Crippen MR) is 86.2 cm³/mol. The van der Waals surface area contributed by atoms with Gasteiger partial charge in [0.15, 0.2) is 6.10 Å². The van der Waals surface area contributed by atoms with Crippen molar-refractivity contribution in [2.75, 3.05) is 23.4 Å². The number of anilines is 2. The van der Waals surface area contributed by atoms with Crippen LogP contribution in [-0.2, 0) is 4.79 Å². The molecule has 1 aliphatic rings. The summed E-state index contributed by atoms with van der Waals surface area (Å²) in [4.78, 5) is 13.4. The van der Waals surface area contributed by atoms with Crippen molar-refractivity contribution in [2.24, 2.45) is 0 Å². The molecule has 0 radical (unpaired) electrons. The summed E-state index contributed by atoms with van der Waals surface area (Å²) in [5.74, 6) is 0.565. The molecule has 1 atom stereocenters. The molecule has 0 fully saturated rings. The van der Waals surface area contributed by atoms with Gasteiger partial charge in [-0.3, -0.25) is 4.79 Å². The van der Waals surface area contributed by atoms with Crippen molar-refractivity contribution in [3.63, 3.8) is 0 Å². The summed E-state index contributed by atoms with van der Waals surface area (Å²) in [5, 5.41) is 6.09. The molecule has 0 bridgehead atoms. The first kappa shape index (κ1) is 13.8. The van der Waals surface area contributed by atoms with Crippen molar-refractivity contribution in [3.05, 3.63) is 48.5 Å². The van der Waals surface area contributed by atoms with Crippen molar-refractivity contribution >= 4 is 29.0 Å². The van der Waals surface area contributed by atoms with Crippen LogP contribution in [0.25, 0.3) is 0 Å². The number of thioether (sulfide) groups is 1. The lowest BCUT2D eigenvalue weighted by molar-refractivity contribution is -0.122. The molecule has 1 amide bonds. The van der Waals surface area contributed by atoms with E-state index in [0.29, 0.717) is 12.3 Å². The number of carbonyl (C=O) groups is 1. The molecule has 3 rings (SSSR count). The van der Waals surface area contributed by atoms with Gasteiger partial charge in [0, 0.05) is 10.6 Å². The van der Waals surface area contributed by atoms with E-state index in [1.807, 2.05) is 54.8 Å². The number of nitrogens with one attached hydrogen (secondary N) is 2. The second-order valence-electron chi connectivity index (χ2n) is 4.70. The lowest BCUT2D eigenvalue weighted by atomic mass is 10.2. The zero-order valence-electron chi connectivity index (χ0n) is 11.6. The van der Waals surface area contributed by atoms with Gasteiger partial charge in [0.25, 0.3) is 5.91 Å². The minimum atomic E-state index is -0.528. The van der Waals surface area contributed by atoms with Gasteiger partial charge >= 0.3 is 0 Å². The van der Waals surface area contributed by atoms with Gasteiger partial charge in [-0.15, -0.1) is 11.8 Å². The molecule has 0 saturated heterocycles. The van der Waals surface area contributed by atoms with Crippen LogP contribution < -0.4 is 15.4 Å². The van der Waals surface area contributed by atoms with E-state index in [4.69, 9.17) is 4.74 Å². The molecule has 108 valence electrons. The maximum Gasteiger partial charge on any atom is 0.267 e. The highest BCUT2D eigenvalue weighted by atomic mass is 32.2. The second-order valence-corrected chi connectivity index (χ2v) is 5.58. The Morgan fingerprint density at radius 2 is 2.00 bits per heavy atom. The van der Waals surface area contributed by atoms with E-state index in [0.717, 1.165) is 16.3 Å². The smallest absolute Gasteiger partial charge is 0.267 e. The Kier molecular flexibility index (Phi) is 4.01. The largest absolute Gasteiger partial charge is 0.477 e. The van der Waals surface area contributed by atoms with Crippen molar-refractivity contribution < 1.29 is 9.53 Å². The Labute approximate surface area is 127 Å². The second kappa shape index (κ2) is 6.10. The fourth-order valence-corrected chi connectivity index (χ4v) is 2.56.